The van der Waals surface area contributed by atoms with Crippen molar-refractivity contribution in [3.05, 3.63) is 0 Å². The van der Waals surface area contributed by atoms with Gasteiger partial charge in [-0.05, 0) is 19.3 Å². The van der Waals surface area contributed by atoms with Gasteiger partial charge < -0.3 is 4.74 Å². The average molecular weight is 215 g/mol. The first-order valence-electron chi connectivity index (χ1n) is 5.66. The zero-order valence-electron chi connectivity index (χ0n) is 9.67. The first kappa shape index (κ1) is 12.5. The van der Waals surface area contributed by atoms with Gasteiger partial charge in [-0.2, -0.15) is 0 Å². The van der Waals surface area contributed by atoms with E-state index in [4.69, 9.17) is 9.57 Å². The second kappa shape index (κ2) is 6.08. The molecule has 0 heterocycles. The molecule has 88 valence electrons. The minimum absolute atomic E-state index is 0.0404. The first-order chi connectivity index (χ1) is 7.25. The van der Waals surface area contributed by atoms with E-state index in [0.717, 1.165) is 32.1 Å². The Bertz CT molecular complexity index is 200. The summed E-state index contributed by atoms with van der Waals surface area (Å²) in [7, 11) is 1.61. The number of nitrogens with one attached hydrogen (secondary N) is 1. The van der Waals surface area contributed by atoms with Gasteiger partial charge in [-0.25, -0.2) is 5.48 Å². The molecular weight excluding hydrogens is 194 g/mol. The number of hydrogen-bond donors (Lipinski definition) is 1. The number of ether oxygens (including phenoxy) is 1. The highest BCUT2D eigenvalue weighted by Crippen LogP contribution is 2.40. The fourth-order valence-electron chi connectivity index (χ4n) is 2.14. The molecule has 0 aromatic rings. The zero-order valence-corrected chi connectivity index (χ0v) is 9.67. The summed E-state index contributed by atoms with van der Waals surface area (Å²) in [6.45, 7) is 2.97. The lowest BCUT2D eigenvalue weighted by Gasteiger charge is -2.25. The summed E-state index contributed by atoms with van der Waals surface area (Å²) in [6.07, 6.45) is 5.18. The number of rotatable bonds is 6. The molecule has 0 saturated heterocycles. The van der Waals surface area contributed by atoms with Crippen LogP contribution in [0.5, 0.6) is 0 Å². The van der Waals surface area contributed by atoms with Crippen LogP contribution in [-0.2, 0) is 14.4 Å². The predicted molar refractivity (Wildman–Crippen MR) is 57.2 cm³/mol. The van der Waals surface area contributed by atoms with Crippen LogP contribution >= 0.6 is 0 Å². The number of amides is 1. The molecule has 1 aliphatic carbocycles. The maximum absolute atomic E-state index is 11.9. The quantitative estimate of drug-likeness (QED) is 0.541. The standard InChI is InChI=1S/C11H21NO3/c1-3-11(6-4-5-7-11)10(13)12-15-9-8-14-2/h3-9H2,1-2H3,(H,12,13). The lowest BCUT2D eigenvalue weighted by atomic mass is 9.83. The molecule has 0 unspecified atom stereocenters. The van der Waals surface area contributed by atoms with Gasteiger partial charge >= 0.3 is 0 Å². The van der Waals surface area contributed by atoms with Crippen molar-refractivity contribution < 1.29 is 14.4 Å². The molecule has 0 spiro atoms. The van der Waals surface area contributed by atoms with Gasteiger partial charge in [-0.3, -0.25) is 9.63 Å². The average Bonchev–Trinajstić information content (AvgIpc) is 2.74. The van der Waals surface area contributed by atoms with Crippen LogP contribution in [0.2, 0.25) is 0 Å². The number of hydrogen-bond acceptors (Lipinski definition) is 3. The molecule has 1 rings (SSSR count). The number of carbonyl (C=O) groups is 1. The molecule has 4 nitrogen and oxygen atoms in total. The molecule has 0 aromatic heterocycles. The fraction of sp³-hybridized carbons (Fsp3) is 0.909. The van der Waals surface area contributed by atoms with Crippen LogP contribution < -0.4 is 5.48 Å². The molecule has 1 fully saturated rings. The summed E-state index contributed by atoms with van der Waals surface area (Å²) < 4.78 is 4.82. The fourth-order valence-corrected chi connectivity index (χ4v) is 2.14. The molecule has 0 aromatic carbocycles. The normalized spacial score (nSPS) is 19.1. The van der Waals surface area contributed by atoms with E-state index in [2.05, 4.69) is 12.4 Å². The Morgan fingerprint density at radius 1 is 1.33 bits per heavy atom. The minimum Gasteiger partial charge on any atom is -0.382 e. The van der Waals surface area contributed by atoms with E-state index in [1.807, 2.05) is 0 Å². The van der Waals surface area contributed by atoms with Crippen molar-refractivity contribution in [3.8, 4) is 0 Å². The van der Waals surface area contributed by atoms with Gasteiger partial charge in [0.05, 0.1) is 18.6 Å². The van der Waals surface area contributed by atoms with Gasteiger partial charge in [0.2, 0.25) is 5.91 Å². The highest BCUT2D eigenvalue weighted by Gasteiger charge is 2.39. The van der Waals surface area contributed by atoms with Crippen molar-refractivity contribution in [3.63, 3.8) is 0 Å². The van der Waals surface area contributed by atoms with E-state index in [1.54, 1.807) is 7.11 Å². The molecular formula is C11H21NO3. The smallest absolute Gasteiger partial charge is 0.249 e. The molecule has 0 radical (unpaired) electrons. The maximum Gasteiger partial charge on any atom is 0.249 e. The largest absolute Gasteiger partial charge is 0.382 e. The maximum atomic E-state index is 11.9. The van der Waals surface area contributed by atoms with E-state index >= 15 is 0 Å². The van der Waals surface area contributed by atoms with Crippen molar-refractivity contribution in [2.24, 2.45) is 5.41 Å². The molecule has 1 N–H and O–H groups in total. The van der Waals surface area contributed by atoms with Crippen molar-refractivity contribution in [1.82, 2.24) is 5.48 Å². The van der Waals surface area contributed by atoms with Crippen molar-refractivity contribution in [2.45, 2.75) is 39.0 Å². The van der Waals surface area contributed by atoms with Crippen molar-refractivity contribution in [1.29, 1.82) is 0 Å². The molecule has 1 amide bonds. The Morgan fingerprint density at radius 3 is 2.53 bits per heavy atom. The molecule has 0 atom stereocenters. The van der Waals surface area contributed by atoms with E-state index in [-0.39, 0.29) is 11.3 Å². The van der Waals surface area contributed by atoms with Crippen LogP contribution in [0.3, 0.4) is 0 Å². The summed E-state index contributed by atoms with van der Waals surface area (Å²) >= 11 is 0. The molecule has 1 aliphatic rings. The van der Waals surface area contributed by atoms with Crippen molar-refractivity contribution in [2.75, 3.05) is 20.3 Å². The van der Waals surface area contributed by atoms with Gasteiger partial charge in [-0.15, -0.1) is 0 Å². The Morgan fingerprint density at radius 2 is 2.00 bits per heavy atom. The summed E-state index contributed by atoms with van der Waals surface area (Å²) in [6, 6.07) is 0. The Labute approximate surface area is 91.3 Å². The third-order valence-electron chi connectivity index (χ3n) is 3.27. The van der Waals surface area contributed by atoms with Gasteiger partial charge in [0.25, 0.3) is 0 Å². The van der Waals surface area contributed by atoms with Gasteiger partial charge in [-0.1, -0.05) is 19.8 Å². The molecule has 4 heteroatoms. The van der Waals surface area contributed by atoms with Gasteiger partial charge in [0.1, 0.15) is 0 Å². The summed E-state index contributed by atoms with van der Waals surface area (Å²) in [5, 5.41) is 0. The third-order valence-corrected chi connectivity index (χ3v) is 3.27. The first-order valence-corrected chi connectivity index (χ1v) is 5.66. The van der Waals surface area contributed by atoms with Crippen LogP contribution in [0.25, 0.3) is 0 Å². The lowest BCUT2D eigenvalue weighted by molar-refractivity contribution is -0.145. The van der Waals surface area contributed by atoms with E-state index < -0.39 is 0 Å². The zero-order chi connectivity index (χ0) is 11.1. The summed E-state index contributed by atoms with van der Waals surface area (Å²) in [4.78, 5) is 16.9. The van der Waals surface area contributed by atoms with Crippen molar-refractivity contribution >= 4 is 5.91 Å². The SMILES string of the molecule is CCC1(C(=O)NOCCOC)CCCC1. The van der Waals surface area contributed by atoms with E-state index in [9.17, 15) is 4.79 Å². The molecule has 0 aliphatic heterocycles. The number of hydroxylamine groups is 1. The Kier molecular flexibility index (Phi) is 5.05. The van der Waals surface area contributed by atoms with Gasteiger partial charge in [0.15, 0.2) is 0 Å². The molecule has 0 bridgehead atoms. The highest BCUT2D eigenvalue weighted by molar-refractivity contribution is 5.81. The van der Waals surface area contributed by atoms with Crippen LogP contribution in [-0.4, -0.2) is 26.2 Å². The topological polar surface area (TPSA) is 47.6 Å². The van der Waals surface area contributed by atoms with Crippen LogP contribution in [0.1, 0.15) is 39.0 Å². The highest BCUT2D eigenvalue weighted by atomic mass is 16.7. The van der Waals surface area contributed by atoms with E-state index in [0.29, 0.717) is 13.2 Å². The van der Waals surface area contributed by atoms with E-state index in [1.165, 1.54) is 0 Å². The lowest BCUT2D eigenvalue weighted by Crippen LogP contribution is -2.39. The minimum atomic E-state index is -0.174. The monoisotopic (exact) mass is 215 g/mol. The second-order valence-corrected chi connectivity index (χ2v) is 4.11. The predicted octanol–water partition coefficient (Wildman–Crippen LogP) is 1.65. The molecule has 15 heavy (non-hydrogen) atoms. The van der Waals surface area contributed by atoms with Crippen LogP contribution in [0.4, 0.5) is 0 Å². The Hall–Kier alpha value is -0.610. The number of carbonyl (C=O) groups excluding carboxylic acids is 1. The second-order valence-electron chi connectivity index (χ2n) is 4.11. The van der Waals surface area contributed by atoms with Crippen LogP contribution in [0.15, 0.2) is 0 Å². The number of methoxy groups -OCH3 is 1. The van der Waals surface area contributed by atoms with Gasteiger partial charge in [0, 0.05) is 7.11 Å². The summed E-state index contributed by atoms with van der Waals surface area (Å²) in [5.41, 5.74) is 2.36. The van der Waals surface area contributed by atoms with Crippen LogP contribution in [0, 0.1) is 5.41 Å². The Balaban J connectivity index is 2.31. The third kappa shape index (κ3) is 3.18. The summed E-state index contributed by atoms with van der Waals surface area (Å²) in [5.74, 6) is 0.0404. The molecule has 1 saturated carbocycles.